The van der Waals surface area contributed by atoms with E-state index in [0.29, 0.717) is 6.54 Å². The van der Waals surface area contributed by atoms with E-state index in [2.05, 4.69) is 61.6 Å². The zero-order chi connectivity index (χ0) is 21.6. The number of fused-ring (bicyclic) bond motifs is 1. The lowest BCUT2D eigenvalue weighted by Gasteiger charge is -2.28. The topological polar surface area (TPSA) is 50.7 Å². The normalized spacial score (nSPS) is 13.5. The molecule has 168 valence electrons. The number of para-hydroxylation sites is 1. The third-order valence-electron chi connectivity index (χ3n) is 5.39. The van der Waals surface area contributed by atoms with Gasteiger partial charge >= 0.3 is 0 Å². The van der Waals surface area contributed by atoms with E-state index in [9.17, 15) is 5.11 Å². The van der Waals surface area contributed by atoms with Crippen LogP contribution >= 0.6 is 12.4 Å². The maximum atomic E-state index is 10.4. The summed E-state index contributed by atoms with van der Waals surface area (Å²) in [6, 6.07) is 22.8. The second kappa shape index (κ2) is 11.5. The molecule has 0 aliphatic carbocycles. The fraction of sp³-hybridized carbons (Fsp3) is 0.385. The molecule has 0 heterocycles. The average molecular weight is 444 g/mol. The van der Waals surface area contributed by atoms with E-state index in [1.165, 1.54) is 16.3 Å². The maximum absolute atomic E-state index is 10.4. The molecule has 2 atom stereocenters. The van der Waals surface area contributed by atoms with Crippen LogP contribution in [-0.4, -0.2) is 37.0 Å². The zero-order valence-electron chi connectivity index (χ0n) is 18.8. The number of halogens is 1. The molecule has 0 aliphatic heterocycles. The Balaban J connectivity index is 0.00000341. The predicted octanol–water partition coefficient (Wildman–Crippen LogP) is 5.32. The highest BCUT2D eigenvalue weighted by Crippen LogP contribution is 2.27. The fourth-order valence-corrected chi connectivity index (χ4v) is 3.72. The summed E-state index contributed by atoms with van der Waals surface area (Å²) in [4.78, 5) is 0. The van der Waals surface area contributed by atoms with Crippen LogP contribution in [-0.2, 0) is 11.2 Å². The Morgan fingerprint density at radius 3 is 2.39 bits per heavy atom. The Bertz CT molecular complexity index is 960. The number of hydrogen-bond acceptors (Lipinski definition) is 4. The molecule has 0 bridgehead atoms. The van der Waals surface area contributed by atoms with Crippen molar-refractivity contribution in [2.24, 2.45) is 0 Å². The van der Waals surface area contributed by atoms with E-state index in [-0.39, 0.29) is 30.7 Å². The Morgan fingerprint density at radius 1 is 0.968 bits per heavy atom. The molecule has 0 saturated heterocycles. The second-order valence-electron chi connectivity index (χ2n) is 8.49. The Kier molecular flexibility index (Phi) is 9.32. The van der Waals surface area contributed by atoms with Gasteiger partial charge in [0.05, 0.1) is 25.9 Å². The van der Waals surface area contributed by atoms with E-state index in [4.69, 9.17) is 9.47 Å². The highest BCUT2D eigenvalue weighted by atomic mass is 35.5. The van der Waals surface area contributed by atoms with Gasteiger partial charge in [-0.1, -0.05) is 60.7 Å². The van der Waals surface area contributed by atoms with Crippen molar-refractivity contribution in [2.75, 3.05) is 20.3 Å². The van der Waals surface area contributed by atoms with Crippen LogP contribution in [0.3, 0.4) is 0 Å². The standard InChI is InChI=1S/C26H33NO3.ClH/c1-19(24-11-7-8-12-25(24)29-4)30-18-23(28)17-27-26(2,3)16-20-13-14-21-9-5-6-10-22(21)15-20;/h5-15,19,23,27-28H,16-18H2,1-4H3;1H/t19?,23-;/m1./s1. The number of rotatable bonds is 10. The van der Waals surface area contributed by atoms with Crippen LogP contribution in [0.25, 0.3) is 10.8 Å². The van der Waals surface area contributed by atoms with Gasteiger partial charge in [-0.3, -0.25) is 0 Å². The van der Waals surface area contributed by atoms with Crippen LogP contribution < -0.4 is 10.1 Å². The molecule has 0 saturated carbocycles. The molecule has 0 spiro atoms. The average Bonchev–Trinajstić information content (AvgIpc) is 2.75. The molecule has 0 aliphatic rings. The van der Waals surface area contributed by atoms with Gasteiger partial charge < -0.3 is 19.9 Å². The van der Waals surface area contributed by atoms with Crippen molar-refractivity contribution in [3.05, 3.63) is 77.9 Å². The van der Waals surface area contributed by atoms with Gasteiger partial charge in [-0.25, -0.2) is 0 Å². The van der Waals surface area contributed by atoms with E-state index in [1.54, 1.807) is 7.11 Å². The number of β-amino-alcohol motifs (C(OH)–C–C–N with tert-alkyl or cyclic N) is 1. The number of aliphatic hydroxyl groups is 1. The Morgan fingerprint density at radius 2 is 1.65 bits per heavy atom. The summed E-state index contributed by atoms with van der Waals surface area (Å²) in [5.41, 5.74) is 2.12. The van der Waals surface area contributed by atoms with Crippen LogP contribution in [0.15, 0.2) is 66.7 Å². The van der Waals surface area contributed by atoms with Crippen molar-refractivity contribution in [3.8, 4) is 5.75 Å². The van der Waals surface area contributed by atoms with Gasteiger partial charge in [0, 0.05) is 17.6 Å². The third-order valence-corrected chi connectivity index (χ3v) is 5.39. The van der Waals surface area contributed by atoms with Gasteiger partial charge in [0.15, 0.2) is 0 Å². The summed E-state index contributed by atoms with van der Waals surface area (Å²) in [5.74, 6) is 0.800. The predicted molar refractivity (Wildman–Crippen MR) is 130 cm³/mol. The number of ether oxygens (including phenoxy) is 2. The number of methoxy groups -OCH3 is 1. The molecule has 0 fully saturated rings. The smallest absolute Gasteiger partial charge is 0.124 e. The van der Waals surface area contributed by atoms with Crippen molar-refractivity contribution in [3.63, 3.8) is 0 Å². The second-order valence-corrected chi connectivity index (χ2v) is 8.49. The molecule has 5 heteroatoms. The molecule has 2 N–H and O–H groups in total. The van der Waals surface area contributed by atoms with Crippen LogP contribution in [0.1, 0.15) is 38.0 Å². The molecule has 3 rings (SSSR count). The van der Waals surface area contributed by atoms with Crippen LogP contribution in [0, 0.1) is 0 Å². The summed E-state index contributed by atoms with van der Waals surface area (Å²) in [7, 11) is 1.65. The van der Waals surface area contributed by atoms with E-state index in [0.717, 1.165) is 17.7 Å². The molecule has 3 aromatic rings. The van der Waals surface area contributed by atoms with Crippen molar-refractivity contribution < 1.29 is 14.6 Å². The third kappa shape index (κ3) is 7.22. The lowest BCUT2D eigenvalue weighted by molar-refractivity contribution is -0.00494. The van der Waals surface area contributed by atoms with Gasteiger partial charge in [-0.15, -0.1) is 12.4 Å². The number of hydrogen-bond donors (Lipinski definition) is 2. The van der Waals surface area contributed by atoms with Gasteiger partial charge in [0.1, 0.15) is 5.75 Å². The lowest BCUT2D eigenvalue weighted by Crippen LogP contribution is -2.46. The van der Waals surface area contributed by atoms with Gasteiger partial charge in [0.25, 0.3) is 0 Å². The molecular formula is C26H34ClNO3. The molecule has 31 heavy (non-hydrogen) atoms. The highest BCUT2D eigenvalue weighted by molar-refractivity contribution is 5.85. The largest absolute Gasteiger partial charge is 0.496 e. The van der Waals surface area contributed by atoms with E-state index >= 15 is 0 Å². The molecule has 4 nitrogen and oxygen atoms in total. The maximum Gasteiger partial charge on any atom is 0.124 e. The summed E-state index contributed by atoms with van der Waals surface area (Å²) in [6.07, 6.45) is 0.141. The minimum Gasteiger partial charge on any atom is -0.496 e. The minimum absolute atomic E-state index is 0. The molecule has 0 radical (unpaired) electrons. The van der Waals surface area contributed by atoms with E-state index in [1.807, 2.05) is 31.2 Å². The van der Waals surface area contributed by atoms with Crippen LogP contribution in [0.2, 0.25) is 0 Å². The molecule has 1 unspecified atom stereocenters. The Hall–Kier alpha value is -2.11. The van der Waals surface area contributed by atoms with Crippen molar-refractivity contribution in [2.45, 2.75) is 44.9 Å². The van der Waals surface area contributed by atoms with Crippen LogP contribution in [0.5, 0.6) is 5.75 Å². The first kappa shape index (κ1) is 25.2. The number of nitrogens with one attached hydrogen (secondary N) is 1. The number of aliphatic hydroxyl groups excluding tert-OH is 1. The van der Waals surface area contributed by atoms with Gasteiger partial charge in [0.2, 0.25) is 0 Å². The first-order valence-corrected chi connectivity index (χ1v) is 10.5. The molecule has 3 aromatic carbocycles. The minimum atomic E-state index is -0.585. The first-order valence-electron chi connectivity index (χ1n) is 10.5. The van der Waals surface area contributed by atoms with Crippen molar-refractivity contribution >= 4 is 23.2 Å². The quantitative estimate of drug-likeness (QED) is 0.445. The molecule has 0 amide bonds. The summed E-state index contributed by atoms with van der Waals surface area (Å²) in [5, 5.41) is 16.4. The lowest BCUT2D eigenvalue weighted by atomic mass is 9.93. The van der Waals surface area contributed by atoms with Gasteiger partial charge in [-0.2, -0.15) is 0 Å². The highest BCUT2D eigenvalue weighted by Gasteiger charge is 2.20. The van der Waals surface area contributed by atoms with Crippen molar-refractivity contribution in [1.29, 1.82) is 0 Å². The number of benzene rings is 3. The summed E-state index contributed by atoms with van der Waals surface area (Å²) < 4.78 is 11.3. The Labute approximate surface area is 192 Å². The van der Waals surface area contributed by atoms with Crippen LogP contribution in [0.4, 0.5) is 0 Å². The molecular weight excluding hydrogens is 410 g/mol. The molecule has 0 aromatic heterocycles. The van der Waals surface area contributed by atoms with Crippen molar-refractivity contribution in [1.82, 2.24) is 5.32 Å². The zero-order valence-corrected chi connectivity index (χ0v) is 19.6. The SMILES string of the molecule is COc1ccccc1C(C)OC[C@H](O)CNC(C)(C)Cc1ccc2ccccc2c1.Cl. The van der Waals surface area contributed by atoms with Gasteiger partial charge in [-0.05, 0) is 49.6 Å². The monoisotopic (exact) mass is 443 g/mol. The summed E-state index contributed by atoms with van der Waals surface area (Å²) in [6.45, 7) is 7.03. The first-order chi connectivity index (χ1) is 14.4. The summed E-state index contributed by atoms with van der Waals surface area (Å²) >= 11 is 0. The van der Waals surface area contributed by atoms with E-state index < -0.39 is 6.10 Å². The fourth-order valence-electron chi connectivity index (χ4n) is 3.72.